The van der Waals surface area contributed by atoms with E-state index >= 15 is 0 Å². The number of hydrogen-bond acceptors (Lipinski definition) is 6. The minimum Gasteiger partial charge on any atom is -0.487 e. The van der Waals surface area contributed by atoms with Crippen molar-refractivity contribution < 1.29 is 32.5 Å². The molecule has 0 atom stereocenters. The highest BCUT2D eigenvalue weighted by molar-refractivity contribution is 7.92. The van der Waals surface area contributed by atoms with E-state index < -0.39 is 16.0 Å². The van der Waals surface area contributed by atoms with E-state index in [0.29, 0.717) is 17.2 Å². The van der Waals surface area contributed by atoms with E-state index in [-0.39, 0.29) is 41.8 Å². The number of hydrogen-bond donors (Lipinski definition) is 1. The number of carbonyl (C=O) groups is 1. The SMILES string of the molecule is COCCOCN(c1cc(Cl)ccc1OCc1ccc(C(=O)O)cc1)S(=O)(=O)c1ccccc1. The quantitative estimate of drug-likeness (QED) is 0.287. The summed E-state index contributed by atoms with van der Waals surface area (Å²) in [6, 6.07) is 18.8. The molecule has 0 saturated heterocycles. The van der Waals surface area contributed by atoms with Crippen molar-refractivity contribution >= 4 is 33.3 Å². The molecule has 0 aliphatic carbocycles. The van der Waals surface area contributed by atoms with Crippen LogP contribution in [0.25, 0.3) is 0 Å². The van der Waals surface area contributed by atoms with Crippen molar-refractivity contribution in [2.75, 3.05) is 31.4 Å². The van der Waals surface area contributed by atoms with Crippen molar-refractivity contribution in [1.82, 2.24) is 0 Å². The fourth-order valence-electron chi connectivity index (χ4n) is 2.99. The summed E-state index contributed by atoms with van der Waals surface area (Å²) in [5.41, 5.74) is 1.07. The fourth-order valence-corrected chi connectivity index (χ4v) is 4.53. The number of sulfonamides is 1. The normalized spacial score (nSPS) is 11.2. The van der Waals surface area contributed by atoms with Crippen LogP contribution in [0.5, 0.6) is 5.75 Å². The van der Waals surface area contributed by atoms with Gasteiger partial charge in [0.15, 0.2) is 0 Å². The van der Waals surface area contributed by atoms with Crippen LogP contribution in [0.4, 0.5) is 5.69 Å². The van der Waals surface area contributed by atoms with Crippen LogP contribution < -0.4 is 9.04 Å². The molecule has 3 rings (SSSR count). The average molecular weight is 506 g/mol. The average Bonchev–Trinajstić information content (AvgIpc) is 2.84. The lowest BCUT2D eigenvalue weighted by Crippen LogP contribution is -2.34. The van der Waals surface area contributed by atoms with Gasteiger partial charge in [-0.1, -0.05) is 41.9 Å². The van der Waals surface area contributed by atoms with Crippen LogP contribution in [-0.4, -0.2) is 46.5 Å². The summed E-state index contributed by atoms with van der Waals surface area (Å²) in [6.45, 7) is 0.275. The highest BCUT2D eigenvalue weighted by atomic mass is 35.5. The Balaban J connectivity index is 1.93. The van der Waals surface area contributed by atoms with Gasteiger partial charge in [-0.05, 0) is 48.0 Å². The Kier molecular flexibility index (Phi) is 8.89. The smallest absolute Gasteiger partial charge is 0.335 e. The summed E-state index contributed by atoms with van der Waals surface area (Å²) in [5.74, 6) is -0.760. The molecule has 0 aliphatic heterocycles. The molecule has 0 saturated carbocycles. The van der Waals surface area contributed by atoms with Crippen molar-refractivity contribution in [3.8, 4) is 5.75 Å². The second kappa shape index (κ2) is 11.8. The lowest BCUT2D eigenvalue weighted by atomic mass is 10.1. The van der Waals surface area contributed by atoms with Gasteiger partial charge in [0.25, 0.3) is 10.0 Å². The lowest BCUT2D eigenvalue weighted by molar-refractivity contribution is 0.0696. The molecule has 10 heteroatoms. The standard InChI is InChI=1S/C24H24ClNO7S/c1-31-13-14-32-17-26(34(29,30)21-5-3-2-4-6-21)22-15-20(25)11-12-23(22)33-16-18-7-9-19(10-8-18)24(27)28/h2-12,15H,13-14,16-17H2,1H3,(H,27,28). The number of halogens is 1. The number of carboxylic acids is 1. The molecule has 3 aromatic carbocycles. The van der Waals surface area contributed by atoms with Gasteiger partial charge in [0, 0.05) is 12.1 Å². The number of anilines is 1. The highest BCUT2D eigenvalue weighted by Crippen LogP contribution is 2.35. The zero-order chi connectivity index (χ0) is 24.6. The maximum Gasteiger partial charge on any atom is 0.335 e. The van der Waals surface area contributed by atoms with Crippen molar-refractivity contribution in [1.29, 1.82) is 0 Å². The summed E-state index contributed by atoms with van der Waals surface area (Å²) in [4.78, 5) is 11.1. The molecule has 0 bridgehead atoms. The molecule has 0 aliphatic rings. The highest BCUT2D eigenvalue weighted by Gasteiger charge is 2.28. The van der Waals surface area contributed by atoms with Crippen LogP contribution in [0.1, 0.15) is 15.9 Å². The zero-order valence-electron chi connectivity index (χ0n) is 18.4. The second-order valence-electron chi connectivity index (χ2n) is 7.10. The van der Waals surface area contributed by atoms with E-state index in [2.05, 4.69) is 0 Å². The number of benzene rings is 3. The maximum absolute atomic E-state index is 13.5. The van der Waals surface area contributed by atoms with Gasteiger partial charge in [0.1, 0.15) is 19.1 Å². The Morgan fingerprint density at radius 1 is 1.00 bits per heavy atom. The minimum atomic E-state index is -4.02. The molecule has 0 fully saturated rings. The fraction of sp³-hybridized carbons (Fsp3) is 0.208. The van der Waals surface area contributed by atoms with Gasteiger partial charge in [-0.25, -0.2) is 17.5 Å². The minimum absolute atomic E-state index is 0.0816. The number of nitrogens with zero attached hydrogens (tertiary/aromatic N) is 1. The van der Waals surface area contributed by atoms with Gasteiger partial charge >= 0.3 is 5.97 Å². The van der Waals surface area contributed by atoms with E-state index in [0.717, 1.165) is 4.31 Å². The molecular formula is C24H24ClNO7S. The number of aromatic carboxylic acids is 1. The summed E-state index contributed by atoms with van der Waals surface area (Å²) in [6.07, 6.45) is 0. The zero-order valence-corrected chi connectivity index (χ0v) is 20.0. The second-order valence-corrected chi connectivity index (χ2v) is 9.40. The summed E-state index contributed by atoms with van der Waals surface area (Å²) in [5, 5.41) is 9.37. The summed E-state index contributed by atoms with van der Waals surface area (Å²) in [7, 11) is -2.49. The maximum atomic E-state index is 13.5. The van der Waals surface area contributed by atoms with Crippen LogP contribution >= 0.6 is 11.6 Å². The van der Waals surface area contributed by atoms with Crippen LogP contribution in [0, 0.1) is 0 Å². The van der Waals surface area contributed by atoms with Crippen molar-refractivity contribution in [2.45, 2.75) is 11.5 Å². The molecule has 180 valence electrons. The van der Waals surface area contributed by atoms with Gasteiger partial charge in [0.2, 0.25) is 0 Å². The molecule has 0 heterocycles. The third-order valence-electron chi connectivity index (χ3n) is 4.76. The van der Waals surface area contributed by atoms with E-state index in [9.17, 15) is 13.2 Å². The third kappa shape index (κ3) is 6.48. The molecule has 8 nitrogen and oxygen atoms in total. The number of ether oxygens (including phenoxy) is 3. The van der Waals surface area contributed by atoms with Crippen molar-refractivity contribution in [3.05, 3.63) is 88.9 Å². The summed E-state index contributed by atoms with van der Waals surface area (Å²) >= 11 is 6.21. The van der Waals surface area contributed by atoms with Crippen LogP contribution in [0.2, 0.25) is 5.02 Å². The number of carboxylic acid groups (broad SMARTS) is 1. The van der Waals surface area contributed by atoms with Crippen LogP contribution in [0.15, 0.2) is 77.7 Å². The number of rotatable bonds is 12. The molecule has 3 aromatic rings. The van der Waals surface area contributed by atoms with Gasteiger partial charge in [-0.2, -0.15) is 0 Å². The molecule has 0 spiro atoms. The summed E-state index contributed by atoms with van der Waals surface area (Å²) < 4.78 is 44.5. The van der Waals surface area contributed by atoms with Gasteiger partial charge in [-0.3, -0.25) is 0 Å². The van der Waals surface area contributed by atoms with Crippen LogP contribution in [0.3, 0.4) is 0 Å². The topological polar surface area (TPSA) is 102 Å². The monoisotopic (exact) mass is 505 g/mol. The Bertz CT molecular complexity index is 1200. The van der Waals surface area contributed by atoms with Crippen molar-refractivity contribution in [3.63, 3.8) is 0 Å². The molecular weight excluding hydrogens is 482 g/mol. The lowest BCUT2D eigenvalue weighted by Gasteiger charge is -2.26. The Morgan fingerprint density at radius 3 is 2.35 bits per heavy atom. The van der Waals surface area contributed by atoms with Crippen LogP contribution in [-0.2, 0) is 26.1 Å². The first kappa shape index (κ1) is 25.5. The van der Waals surface area contributed by atoms with Gasteiger partial charge in [0.05, 0.1) is 29.4 Å². The van der Waals surface area contributed by atoms with Gasteiger partial charge < -0.3 is 19.3 Å². The first-order valence-corrected chi connectivity index (χ1v) is 12.0. The predicted molar refractivity (Wildman–Crippen MR) is 128 cm³/mol. The molecule has 0 radical (unpaired) electrons. The van der Waals surface area contributed by atoms with E-state index in [4.69, 9.17) is 30.9 Å². The molecule has 34 heavy (non-hydrogen) atoms. The third-order valence-corrected chi connectivity index (χ3v) is 6.74. The van der Waals surface area contributed by atoms with Crippen molar-refractivity contribution in [2.24, 2.45) is 0 Å². The Hall–Kier alpha value is -3.11. The molecule has 0 unspecified atom stereocenters. The Labute approximate surface area is 203 Å². The molecule has 0 amide bonds. The predicted octanol–water partition coefficient (Wildman–Crippen LogP) is 4.43. The molecule has 0 aromatic heterocycles. The van der Waals surface area contributed by atoms with E-state index in [1.54, 1.807) is 42.5 Å². The Morgan fingerprint density at radius 2 is 1.71 bits per heavy atom. The van der Waals surface area contributed by atoms with E-state index in [1.807, 2.05) is 0 Å². The van der Waals surface area contributed by atoms with E-state index in [1.165, 1.54) is 37.4 Å². The van der Waals surface area contributed by atoms with Gasteiger partial charge in [-0.15, -0.1) is 0 Å². The largest absolute Gasteiger partial charge is 0.487 e. The first-order valence-electron chi connectivity index (χ1n) is 10.2. The number of methoxy groups -OCH3 is 1. The molecule has 1 N–H and O–H groups in total. The first-order chi connectivity index (χ1) is 16.3.